The molecule has 0 amide bonds. The normalized spacial score (nSPS) is 11.4. The molecule has 0 heterocycles. The van der Waals surface area contributed by atoms with Crippen LogP contribution in [0.1, 0.15) is 12.5 Å². The Morgan fingerprint density at radius 1 is 1.00 bits per heavy atom. The van der Waals surface area contributed by atoms with Gasteiger partial charge in [0.05, 0.1) is 0 Å². The molecule has 1 atom stereocenters. The zero-order valence-corrected chi connectivity index (χ0v) is 14.6. The highest BCUT2D eigenvalue weighted by Gasteiger charge is 2.05. The van der Waals surface area contributed by atoms with Crippen molar-refractivity contribution >= 4 is 23.7 Å². The van der Waals surface area contributed by atoms with Gasteiger partial charge in [0, 0.05) is 28.0 Å². The first-order valence-corrected chi connectivity index (χ1v) is 8.40. The minimum absolute atomic E-state index is 0.201. The number of hydrogen-bond donors (Lipinski definition) is 3. The second-order valence-corrected chi connectivity index (χ2v) is 6.33. The molecule has 0 aliphatic carbocycles. The average molecular weight is 359 g/mol. The molecule has 0 bridgehead atoms. The SMILES string of the molecule is CC(N)Cc1ccccc1Sc1ccccc1.O=C(O)/C=C\C(=O)O. The first-order valence-electron chi connectivity index (χ1n) is 7.58. The predicted molar refractivity (Wildman–Crippen MR) is 98.8 cm³/mol. The molecule has 2 aromatic rings. The molecule has 0 aliphatic rings. The van der Waals surface area contributed by atoms with Gasteiger partial charge in [0.2, 0.25) is 0 Å². The third kappa shape index (κ3) is 9.34. The highest BCUT2D eigenvalue weighted by molar-refractivity contribution is 7.99. The fourth-order valence-electron chi connectivity index (χ4n) is 1.88. The monoisotopic (exact) mass is 359 g/mol. The van der Waals surface area contributed by atoms with Crippen LogP contribution < -0.4 is 5.73 Å². The van der Waals surface area contributed by atoms with E-state index in [1.807, 2.05) is 13.0 Å². The van der Waals surface area contributed by atoms with Crippen molar-refractivity contribution in [1.29, 1.82) is 0 Å². The lowest BCUT2D eigenvalue weighted by Gasteiger charge is -2.11. The van der Waals surface area contributed by atoms with Gasteiger partial charge in [0.15, 0.2) is 0 Å². The number of carboxylic acid groups (broad SMARTS) is 2. The molecule has 5 nitrogen and oxygen atoms in total. The Bertz CT molecular complexity index is 698. The van der Waals surface area contributed by atoms with Crippen LogP contribution in [0.3, 0.4) is 0 Å². The molecule has 0 saturated carbocycles. The van der Waals surface area contributed by atoms with E-state index in [9.17, 15) is 9.59 Å². The third-order valence-corrected chi connectivity index (χ3v) is 3.98. The van der Waals surface area contributed by atoms with Crippen LogP contribution in [0.5, 0.6) is 0 Å². The highest BCUT2D eigenvalue weighted by atomic mass is 32.2. The molecular formula is C19H21NO4S. The van der Waals surface area contributed by atoms with Crippen LogP contribution in [0.25, 0.3) is 0 Å². The number of rotatable bonds is 6. The maximum absolute atomic E-state index is 9.55. The van der Waals surface area contributed by atoms with Gasteiger partial charge < -0.3 is 15.9 Å². The number of carbonyl (C=O) groups is 2. The van der Waals surface area contributed by atoms with E-state index in [4.69, 9.17) is 15.9 Å². The third-order valence-electron chi connectivity index (χ3n) is 2.85. The van der Waals surface area contributed by atoms with Gasteiger partial charge in [-0.2, -0.15) is 0 Å². The number of hydrogen-bond acceptors (Lipinski definition) is 4. The average Bonchev–Trinajstić information content (AvgIpc) is 2.56. The summed E-state index contributed by atoms with van der Waals surface area (Å²) in [6, 6.07) is 19.1. The standard InChI is InChI=1S/C15H17NS.C4H4O4/c1-12(16)11-13-7-5-6-10-15(13)17-14-8-3-2-4-9-14;5-3(6)1-2-4(7)8/h2-10,12H,11,16H2,1H3;1-2H,(H,5,6)(H,7,8)/b;2-1-. The van der Waals surface area contributed by atoms with Crippen molar-refractivity contribution in [2.45, 2.75) is 29.2 Å². The summed E-state index contributed by atoms with van der Waals surface area (Å²) in [5, 5.41) is 15.6. The number of nitrogens with two attached hydrogens (primary N) is 1. The van der Waals surface area contributed by atoms with Crippen molar-refractivity contribution in [3.63, 3.8) is 0 Å². The Kier molecular flexibility index (Phi) is 9.06. The predicted octanol–water partition coefficient (Wildman–Crippen LogP) is 3.44. The Hall–Kier alpha value is -2.57. The van der Waals surface area contributed by atoms with Crippen molar-refractivity contribution in [1.82, 2.24) is 0 Å². The molecule has 25 heavy (non-hydrogen) atoms. The van der Waals surface area contributed by atoms with Crippen LogP contribution in [0.15, 0.2) is 76.5 Å². The Labute approximate surface area is 151 Å². The molecule has 2 rings (SSSR count). The summed E-state index contributed by atoms with van der Waals surface area (Å²) in [4.78, 5) is 21.7. The molecule has 0 aromatic heterocycles. The van der Waals surface area contributed by atoms with Crippen LogP contribution in [0, 0.1) is 0 Å². The van der Waals surface area contributed by atoms with Crippen LogP contribution in [-0.2, 0) is 16.0 Å². The molecule has 0 fully saturated rings. The Morgan fingerprint density at radius 3 is 2.04 bits per heavy atom. The van der Waals surface area contributed by atoms with Crippen LogP contribution in [0.4, 0.5) is 0 Å². The number of aliphatic carboxylic acids is 2. The summed E-state index contributed by atoms with van der Waals surface area (Å²) in [6.07, 6.45) is 2.04. The van der Waals surface area contributed by atoms with E-state index in [-0.39, 0.29) is 6.04 Å². The second kappa shape index (κ2) is 11.1. The topological polar surface area (TPSA) is 101 Å². The summed E-state index contributed by atoms with van der Waals surface area (Å²) in [5.41, 5.74) is 7.21. The summed E-state index contributed by atoms with van der Waals surface area (Å²) < 4.78 is 0. The first kappa shape index (κ1) is 20.5. The number of benzene rings is 2. The summed E-state index contributed by atoms with van der Waals surface area (Å²) >= 11 is 1.80. The smallest absolute Gasteiger partial charge is 0.328 e. The molecular weight excluding hydrogens is 338 g/mol. The van der Waals surface area contributed by atoms with E-state index in [1.54, 1.807) is 11.8 Å². The summed E-state index contributed by atoms with van der Waals surface area (Å²) in [5.74, 6) is -2.51. The fraction of sp³-hybridized carbons (Fsp3) is 0.158. The van der Waals surface area contributed by atoms with Gasteiger partial charge in [-0.15, -0.1) is 0 Å². The zero-order valence-electron chi connectivity index (χ0n) is 13.8. The molecule has 0 saturated heterocycles. The molecule has 1 unspecified atom stereocenters. The lowest BCUT2D eigenvalue weighted by atomic mass is 10.1. The highest BCUT2D eigenvalue weighted by Crippen LogP contribution is 2.30. The van der Waals surface area contributed by atoms with Gasteiger partial charge in [-0.1, -0.05) is 48.2 Å². The first-order chi connectivity index (χ1) is 11.9. The second-order valence-electron chi connectivity index (χ2n) is 5.21. The van der Waals surface area contributed by atoms with E-state index < -0.39 is 11.9 Å². The van der Waals surface area contributed by atoms with Crippen molar-refractivity contribution in [2.75, 3.05) is 0 Å². The quantitative estimate of drug-likeness (QED) is 0.683. The van der Waals surface area contributed by atoms with E-state index >= 15 is 0 Å². The molecule has 0 aliphatic heterocycles. The van der Waals surface area contributed by atoms with Gasteiger partial charge in [0.1, 0.15) is 0 Å². The van der Waals surface area contributed by atoms with Gasteiger partial charge in [0.25, 0.3) is 0 Å². The summed E-state index contributed by atoms with van der Waals surface area (Å²) in [6.45, 7) is 2.05. The fourth-order valence-corrected chi connectivity index (χ4v) is 2.85. The van der Waals surface area contributed by atoms with Crippen LogP contribution in [0.2, 0.25) is 0 Å². The zero-order chi connectivity index (χ0) is 18.7. The van der Waals surface area contributed by atoms with E-state index in [0.717, 1.165) is 6.42 Å². The van der Waals surface area contributed by atoms with Gasteiger partial charge in [-0.05, 0) is 37.1 Å². The Morgan fingerprint density at radius 2 is 1.52 bits per heavy atom. The molecule has 4 N–H and O–H groups in total. The maximum atomic E-state index is 9.55. The van der Waals surface area contributed by atoms with E-state index in [0.29, 0.717) is 12.2 Å². The largest absolute Gasteiger partial charge is 0.478 e. The van der Waals surface area contributed by atoms with Crippen molar-refractivity contribution in [3.8, 4) is 0 Å². The lowest BCUT2D eigenvalue weighted by molar-refractivity contribution is -0.134. The van der Waals surface area contributed by atoms with E-state index in [1.165, 1.54) is 15.4 Å². The lowest BCUT2D eigenvalue weighted by Crippen LogP contribution is -2.18. The van der Waals surface area contributed by atoms with Crippen molar-refractivity contribution < 1.29 is 19.8 Å². The van der Waals surface area contributed by atoms with Crippen molar-refractivity contribution in [2.24, 2.45) is 5.73 Å². The van der Waals surface area contributed by atoms with Gasteiger partial charge in [-0.25, -0.2) is 9.59 Å². The molecule has 0 radical (unpaired) electrons. The molecule has 132 valence electrons. The molecule has 0 spiro atoms. The van der Waals surface area contributed by atoms with Gasteiger partial charge >= 0.3 is 11.9 Å². The minimum Gasteiger partial charge on any atom is -0.478 e. The summed E-state index contributed by atoms with van der Waals surface area (Å²) in [7, 11) is 0. The number of carboxylic acids is 2. The van der Waals surface area contributed by atoms with Gasteiger partial charge in [-0.3, -0.25) is 0 Å². The Balaban J connectivity index is 0.000000333. The molecule has 6 heteroatoms. The maximum Gasteiger partial charge on any atom is 0.328 e. The van der Waals surface area contributed by atoms with Crippen LogP contribution in [-0.4, -0.2) is 28.2 Å². The van der Waals surface area contributed by atoms with Crippen molar-refractivity contribution in [3.05, 3.63) is 72.3 Å². The van der Waals surface area contributed by atoms with E-state index in [2.05, 4.69) is 48.5 Å². The molecule has 2 aromatic carbocycles. The minimum atomic E-state index is -1.26. The van der Waals surface area contributed by atoms with Crippen LogP contribution >= 0.6 is 11.8 Å².